The molecule has 1 aromatic rings. The summed E-state index contributed by atoms with van der Waals surface area (Å²) in [6.07, 6.45) is 0.652. The lowest BCUT2D eigenvalue weighted by molar-refractivity contribution is -0.126. The van der Waals surface area contributed by atoms with Gasteiger partial charge in [-0.1, -0.05) is 12.1 Å². The Hall–Kier alpha value is -1.75. The highest BCUT2D eigenvalue weighted by atomic mass is 19.1. The van der Waals surface area contributed by atoms with E-state index in [0.29, 0.717) is 25.1 Å². The van der Waals surface area contributed by atoms with E-state index in [4.69, 9.17) is 5.73 Å². The van der Waals surface area contributed by atoms with Crippen LogP contribution in [0.5, 0.6) is 0 Å². The van der Waals surface area contributed by atoms with E-state index in [1.807, 2.05) is 11.8 Å². The van der Waals surface area contributed by atoms with Crippen molar-refractivity contribution in [2.24, 2.45) is 11.1 Å². The average molecular weight is 264 g/mol. The number of rotatable bonds is 4. The number of halogens is 1. The highest BCUT2D eigenvalue weighted by molar-refractivity contribution is 5.97. The monoisotopic (exact) mass is 264 g/mol. The molecule has 2 rings (SSSR count). The second kappa shape index (κ2) is 5.09. The molecule has 1 unspecified atom stereocenters. The summed E-state index contributed by atoms with van der Waals surface area (Å²) in [5.41, 5.74) is 5.14. The summed E-state index contributed by atoms with van der Waals surface area (Å²) < 4.78 is 13.0. The Bertz CT molecular complexity index is 518. The molecular formula is C14H17FN2O2. The third-order valence-electron chi connectivity index (χ3n) is 3.66. The number of ketones is 1. The van der Waals surface area contributed by atoms with Gasteiger partial charge in [-0.2, -0.15) is 0 Å². The summed E-state index contributed by atoms with van der Waals surface area (Å²) in [4.78, 5) is 25.2. The lowest BCUT2D eigenvalue weighted by Gasteiger charge is -2.20. The average Bonchev–Trinajstić information content (AvgIpc) is 2.72. The van der Waals surface area contributed by atoms with Crippen molar-refractivity contribution in [1.82, 2.24) is 4.90 Å². The minimum Gasteiger partial charge on any atom is -0.369 e. The van der Waals surface area contributed by atoms with Crippen molar-refractivity contribution in [2.75, 3.05) is 19.6 Å². The number of likely N-dealkylation sites (tertiary alicyclic amines) is 1. The van der Waals surface area contributed by atoms with Gasteiger partial charge in [-0.25, -0.2) is 4.39 Å². The van der Waals surface area contributed by atoms with Crippen molar-refractivity contribution in [3.8, 4) is 0 Å². The standard InChI is InChI=1S/C14H17FN2O2/c1-14(13(16)19)5-6-17(9-14)8-12(18)10-3-2-4-11(15)7-10/h2-4,7H,5-6,8-9H2,1H3,(H2,16,19). The Morgan fingerprint density at radius 2 is 2.21 bits per heavy atom. The molecule has 1 amide bonds. The third kappa shape index (κ3) is 2.98. The molecule has 1 saturated heterocycles. The first-order valence-corrected chi connectivity index (χ1v) is 6.22. The molecule has 5 heteroatoms. The fourth-order valence-corrected chi connectivity index (χ4v) is 2.35. The highest BCUT2D eigenvalue weighted by Gasteiger charge is 2.39. The molecule has 102 valence electrons. The van der Waals surface area contributed by atoms with Crippen molar-refractivity contribution in [3.05, 3.63) is 35.6 Å². The van der Waals surface area contributed by atoms with E-state index in [0.717, 1.165) is 0 Å². The highest BCUT2D eigenvalue weighted by Crippen LogP contribution is 2.29. The van der Waals surface area contributed by atoms with Gasteiger partial charge in [-0.3, -0.25) is 14.5 Å². The molecule has 0 radical (unpaired) electrons. The predicted octanol–water partition coefficient (Wildman–Crippen LogP) is 1.21. The maximum atomic E-state index is 13.0. The second-order valence-corrected chi connectivity index (χ2v) is 5.32. The molecular weight excluding hydrogens is 247 g/mol. The van der Waals surface area contributed by atoms with Crippen LogP contribution >= 0.6 is 0 Å². The van der Waals surface area contributed by atoms with E-state index in [1.165, 1.54) is 18.2 Å². The molecule has 1 aliphatic rings. The Balaban J connectivity index is 2.00. The van der Waals surface area contributed by atoms with Gasteiger partial charge in [0.15, 0.2) is 5.78 Å². The zero-order chi connectivity index (χ0) is 14.0. The smallest absolute Gasteiger partial charge is 0.224 e. The molecule has 0 saturated carbocycles. The van der Waals surface area contributed by atoms with Gasteiger partial charge in [-0.15, -0.1) is 0 Å². The van der Waals surface area contributed by atoms with E-state index >= 15 is 0 Å². The van der Waals surface area contributed by atoms with Crippen LogP contribution in [0.1, 0.15) is 23.7 Å². The fraction of sp³-hybridized carbons (Fsp3) is 0.429. The summed E-state index contributed by atoms with van der Waals surface area (Å²) in [6, 6.07) is 5.64. The van der Waals surface area contributed by atoms with Crippen molar-refractivity contribution in [1.29, 1.82) is 0 Å². The SMILES string of the molecule is CC1(C(N)=O)CCN(CC(=O)c2cccc(F)c2)C1. The molecule has 0 spiro atoms. The van der Waals surface area contributed by atoms with Crippen LogP contribution in [0.2, 0.25) is 0 Å². The molecule has 1 aliphatic heterocycles. The van der Waals surface area contributed by atoms with Gasteiger partial charge in [-0.05, 0) is 32.0 Å². The second-order valence-electron chi connectivity index (χ2n) is 5.32. The molecule has 0 aliphatic carbocycles. The number of hydrogen-bond acceptors (Lipinski definition) is 3. The summed E-state index contributed by atoms with van der Waals surface area (Å²) >= 11 is 0. The van der Waals surface area contributed by atoms with Gasteiger partial charge < -0.3 is 5.73 Å². The van der Waals surface area contributed by atoms with Gasteiger partial charge in [0.05, 0.1) is 12.0 Å². The number of nitrogens with zero attached hydrogens (tertiary/aromatic N) is 1. The molecule has 1 atom stereocenters. The maximum absolute atomic E-state index is 13.0. The van der Waals surface area contributed by atoms with Crippen molar-refractivity contribution in [2.45, 2.75) is 13.3 Å². The summed E-state index contributed by atoms with van der Waals surface area (Å²) in [7, 11) is 0. The molecule has 0 bridgehead atoms. The first-order valence-electron chi connectivity index (χ1n) is 6.22. The molecule has 2 N–H and O–H groups in total. The quantitative estimate of drug-likeness (QED) is 0.831. The zero-order valence-corrected chi connectivity index (χ0v) is 10.9. The van der Waals surface area contributed by atoms with Crippen LogP contribution in [0.4, 0.5) is 4.39 Å². The third-order valence-corrected chi connectivity index (χ3v) is 3.66. The minimum atomic E-state index is -0.567. The van der Waals surface area contributed by atoms with E-state index < -0.39 is 11.2 Å². The van der Waals surface area contributed by atoms with E-state index in [2.05, 4.69) is 0 Å². The maximum Gasteiger partial charge on any atom is 0.224 e. The number of nitrogens with two attached hydrogens (primary N) is 1. The van der Waals surface area contributed by atoms with Crippen LogP contribution in [-0.2, 0) is 4.79 Å². The number of benzene rings is 1. The Kier molecular flexibility index (Phi) is 3.66. The Morgan fingerprint density at radius 3 is 2.79 bits per heavy atom. The lowest BCUT2D eigenvalue weighted by Crippen LogP contribution is -2.38. The van der Waals surface area contributed by atoms with Crippen LogP contribution in [0, 0.1) is 11.2 Å². The molecule has 4 nitrogen and oxygen atoms in total. The first-order chi connectivity index (χ1) is 8.90. The first kappa shape index (κ1) is 13.7. The molecule has 1 fully saturated rings. The van der Waals surface area contributed by atoms with Crippen LogP contribution in [0.25, 0.3) is 0 Å². The Morgan fingerprint density at radius 1 is 1.47 bits per heavy atom. The van der Waals surface area contributed by atoms with Crippen LogP contribution in [0.3, 0.4) is 0 Å². The minimum absolute atomic E-state index is 0.145. The van der Waals surface area contributed by atoms with E-state index in [1.54, 1.807) is 6.07 Å². The summed E-state index contributed by atoms with van der Waals surface area (Å²) in [5.74, 6) is -0.907. The van der Waals surface area contributed by atoms with E-state index in [9.17, 15) is 14.0 Å². The van der Waals surface area contributed by atoms with Gasteiger partial charge >= 0.3 is 0 Å². The molecule has 1 aromatic carbocycles. The van der Waals surface area contributed by atoms with Crippen molar-refractivity contribution < 1.29 is 14.0 Å². The molecule has 0 aromatic heterocycles. The van der Waals surface area contributed by atoms with Crippen molar-refractivity contribution in [3.63, 3.8) is 0 Å². The van der Waals surface area contributed by atoms with Crippen LogP contribution in [0.15, 0.2) is 24.3 Å². The van der Waals surface area contributed by atoms with Crippen LogP contribution < -0.4 is 5.73 Å². The Labute approximate surface area is 111 Å². The predicted molar refractivity (Wildman–Crippen MR) is 69.1 cm³/mol. The van der Waals surface area contributed by atoms with Gasteiger partial charge in [0.2, 0.25) is 5.91 Å². The number of primary amides is 1. The fourth-order valence-electron chi connectivity index (χ4n) is 2.35. The van der Waals surface area contributed by atoms with E-state index in [-0.39, 0.29) is 18.2 Å². The molecule has 1 heterocycles. The number of hydrogen-bond donors (Lipinski definition) is 1. The summed E-state index contributed by atoms with van der Waals surface area (Å²) in [5, 5.41) is 0. The van der Waals surface area contributed by atoms with Crippen molar-refractivity contribution >= 4 is 11.7 Å². The largest absolute Gasteiger partial charge is 0.369 e. The summed E-state index contributed by atoms with van der Waals surface area (Å²) in [6.45, 7) is 3.12. The van der Waals surface area contributed by atoms with Gasteiger partial charge in [0, 0.05) is 12.1 Å². The number of Topliss-reactive ketones (excluding diaryl/α,β-unsaturated/α-hetero) is 1. The lowest BCUT2D eigenvalue weighted by atomic mass is 9.89. The number of carbonyl (C=O) groups is 2. The van der Waals surface area contributed by atoms with Gasteiger partial charge in [0.25, 0.3) is 0 Å². The number of amides is 1. The zero-order valence-electron chi connectivity index (χ0n) is 10.9. The molecule has 19 heavy (non-hydrogen) atoms. The van der Waals surface area contributed by atoms with Gasteiger partial charge in [0.1, 0.15) is 5.82 Å². The van der Waals surface area contributed by atoms with Crippen LogP contribution in [-0.4, -0.2) is 36.2 Å². The normalized spacial score (nSPS) is 23.5. The topological polar surface area (TPSA) is 63.4 Å². The number of carbonyl (C=O) groups excluding carboxylic acids is 2.